The Balaban J connectivity index is 1.69. The second-order valence-electron chi connectivity index (χ2n) is 4.80. The van der Waals surface area contributed by atoms with Gasteiger partial charge in [-0.25, -0.2) is 4.98 Å². The van der Waals surface area contributed by atoms with Gasteiger partial charge in [0, 0.05) is 13.1 Å². The minimum Gasteiger partial charge on any atom is -0.369 e. The van der Waals surface area contributed by atoms with E-state index in [0.717, 1.165) is 29.4 Å². The van der Waals surface area contributed by atoms with Crippen LogP contribution in [0, 0.1) is 5.92 Å². The Labute approximate surface area is 112 Å². The van der Waals surface area contributed by atoms with Crippen molar-refractivity contribution >= 4 is 21.7 Å². The molecular weight excluding hydrogens is 278 g/mol. The Hall–Kier alpha value is -0.610. The summed E-state index contributed by atoms with van der Waals surface area (Å²) in [6.45, 7) is 6.92. The lowest BCUT2D eigenvalue weighted by molar-refractivity contribution is 0.199. The van der Waals surface area contributed by atoms with Crippen LogP contribution in [-0.4, -0.2) is 36.1 Å². The van der Waals surface area contributed by atoms with Gasteiger partial charge in [-0.1, -0.05) is 13.0 Å². The van der Waals surface area contributed by atoms with Crippen molar-refractivity contribution in [3.05, 3.63) is 22.8 Å². The lowest BCUT2D eigenvalue weighted by atomic mass is 9.99. The number of rotatable bonds is 4. The van der Waals surface area contributed by atoms with Gasteiger partial charge >= 0.3 is 0 Å². The summed E-state index contributed by atoms with van der Waals surface area (Å²) < 4.78 is 0.884. The average Bonchev–Trinajstić information content (AvgIpc) is 2.32. The van der Waals surface area contributed by atoms with Crippen LogP contribution in [0.2, 0.25) is 0 Å². The number of likely N-dealkylation sites (tertiary alicyclic amines) is 1. The van der Waals surface area contributed by atoms with Crippen LogP contribution in [-0.2, 0) is 0 Å². The van der Waals surface area contributed by atoms with Gasteiger partial charge in [-0.15, -0.1) is 0 Å². The molecule has 1 aromatic rings. The van der Waals surface area contributed by atoms with Crippen LogP contribution >= 0.6 is 15.9 Å². The lowest BCUT2D eigenvalue weighted by Crippen LogP contribution is -2.36. The maximum atomic E-state index is 4.35. The van der Waals surface area contributed by atoms with Crippen LogP contribution in [0.3, 0.4) is 0 Å². The van der Waals surface area contributed by atoms with Crippen LogP contribution in [0.1, 0.15) is 19.8 Å². The van der Waals surface area contributed by atoms with E-state index in [4.69, 9.17) is 0 Å². The van der Waals surface area contributed by atoms with E-state index < -0.39 is 0 Å². The summed E-state index contributed by atoms with van der Waals surface area (Å²) in [7, 11) is 0. The monoisotopic (exact) mass is 297 g/mol. The van der Waals surface area contributed by atoms with Crippen LogP contribution in [0.4, 0.5) is 5.82 Å². The maximum absolute atomic E-state index is 4.35. The number of hydrogen-bond acceptors (Lipinski definition) is 3. The Morgan fingerprint density at radius 2 is 2.18 bits per heavy atom. The maximum Gasteiger partial charge on any atom is 0.127 e. The van der Waals surface area contributed by atoms with Crippen molar-refractivity contribution in [2.75, 3.05) is 31.5 Å². The van der Waals surface area contributed by atoms with Crippen LogP contribution in [0.5, 0.6) is 0 Å². The zero-order valence-electron chi connectivity index (χ0n) is 10.3. The zero-order valence-corrected chi connectivity index (χ0v) is 11.9. The highest BCUT2D eigenvalue weighted by molar-refractivity contribution is 9.10. The SMILES string of the molecule is CC1CCN(CCNc2cccc(Br)n2)CC1. The smallest absolute Gasteiger partial charge is 0.127 e. The molecule has 0 bridgehead atoms. The Bertz CT molecular complexity index is 348. The van der Waals surface area contributed by atoms with Crippen LogP contribution in [0.25, 0.3) is 0 Å². The summed E-state index contributed by atoms with van der Waals surface area (Å²) in [6, 6.07) is 5.95. The van der Waals surface area contributed by atoms with Crippen molar-refractivity contribution in [3.8, 4) is 0 Å². The number of anilines is 1. The van der Waals surface area contributed by atoms with Gasteiger partial charge in [0.25, 0.3) is 0 Å². The molecule has 0 unspecified atom stereocenters. The summed E-state index contributed by atoms with van der Waals surface area (Å²) in [5.41, 5.74) is 0. The number of aromatic nitrogens is 1. The lowest BCUT2D eigenvalue weighted by Gasteiger charge is -2.30. The van der Waals surface area contributed by atoms with Crippen molar-refractivity contribution in [2.45, 2.75) is 19.8 Å². The molecule has 1 aromatic heterocycles. The first-order chi connectivity index (χ1) is 8.24. The zero-order chi connectivity index (χ0) is 12.1. The van der Waals surface area contributed by atoms with Crippen LogP contribution in [0.15, 0.2) is 22.8 Å². The fourth-order valence-electron chi connectivity index (χ4n) is 2.13. The molecule has 94 valence electrons. The summed E-state index contributed by atoms with van der Waals surface area (Å²) >= 11 is 3.38. The number of nitrogens with one attached hydrogen (secondary N) is 1. The van der Waals surface area contributed by atoms with E-state index in [9.17, 15) is 0 Å². The first-order valence-electron chi connectivity index (χ1n) is 6.33. The first kappa shape index (κ1) is 12.8. The first-order valence-corrected chi connectivity index (χ1v) is 7.12. The predicted octanol–water partition coefficient (Wildman–Crippen LogP) is 2.99. The second-order valence-corrected chi connectivity index (χ2v) is 5.61. The third-order valence-corrected chi connectivity index (χ3v) is 3.77. The minimum absolute atomic E-state index is 0.884. The number of piperidine rings is 1. The quantitative estimate of drug-likeness (QED) is 0.866. The van der Waals surface area contributed by atoms with Crippen molar-refractivity contribution < 1.29 is 0 Å². The highest BCUT2D eigenvalue weighted by Crippen LogP contribution is 2.15. The fourth-order valence-corrected chi connectivity index (χ4v) is 2.48. The number of nitrogens with zero attached hydrogens (tertiary/aromatic N) is 2. The second kappa shape index (κ2) is 6.36. The molecule has 0 atom stereocenters. The van der Waals surface area contributed by atoms with E-state index in [1.54, 1.807) is 0 Å². The number of halogens is 1. The molecule has 3 nitrogen and oxygen atoms in total. The van der Waals surface area contributed by atoms with Crippen molar-refractivity contribution in [2.24, 2.45) is 5.92 Å². The third kappa shape index (κ3) is 4.28. The van der Waals surface area contributed by atoms with Gasteiger partial charge in [0.05, 0.1) is 0 Å². The van der Waals surface area contributed by atoms with Crippen molar-refractivity contribution in [1.82, 2.24) is 9.88 Å². The molecule has 0 spiro atoms. The van der Waals surface area contributed by atoms with Gasteiger partial charge in [-0.2, -0.15) is 0 Å². The van der Waals surface area contributed by atoms with Gasteiger partial charge in [-0.05, 0) is 59.9 Å². The van der Waals surface area contributed by atoms with Gasteiger partial charge in [0.15, 0.2) is 0 Å². The molecule has 0 amide bonds. The summed E-state index contributed by atoms with van der Waals surface area (Å²) in [6.07, 6.45) is 2.68. The highest BCUT2D eigenvalue weighted by Gasteiger charge is 2.14. The third-order valence-electron chi connectivity index (χ3n) is 3.33. The van der Waals surface area contributed by atoms with E-state index in [-0.39, 0.29) is 0 Å². The normalized spacial score (nSPS) is 18.2. The van der Waals surface area contributed by atoms with Gasteiger partial charge in [0.2, 0.25) is 0 Å². The molecule has 4 heteroatoms. The molecule has 1 aliphatic rings. The highest BCUT2D eigenvalue weighted by atomic mass is 79.9. The fraction of sp³-hybridized carbons (Fsp3) is 0.615. The van der Waals surface area contributed by atoms with Crippen molar-refractivity contribution in [3.63, 3.8) is 0 Å². The molecule has 1 saturated heterocycles. The van der Waals surface area contributed by atoms with E-state index in [2.05, 4.69) is 38.1 Å². The van der Waals surface area contributed by atoms with Gasteiger partial charge < -0.3 is 10.2 Å². The molecule has 0 radical (unpaired) electrons. The largest absolute Gasteiger partial charge is 0.369 e. The van der Waals surface area contributed by atoms with E-state index >= 15 is 0 Å². The van der Waals surface area contributed by atoms with E-state index in [1.807, 2.05) is 18.2 Å². The summed E-state index contributed by atoms with van der Waals surface area (Å²) in [5, 5.41) is 3.36. The summed E-state index contributed by atoms with van der Waals surface area (Å²) in [5.74, 6) is 1.86. The molecule has 2 rings (SSSR count). The van der Waals surface area contributed by atoms with E-state index in [0.29, 0.717) is 0 Å². The summed E-state index contributed by atoms with van der Waals surface area (Å²) in [4.78, 5) is 6.89. The topological polar surface area (TPSA) is 28.2 Å². The molecule has 17 heavy (non-hydrogen) atoms. The minimum atomic E-state index is 0.884. The molecule has 1 fully saturated rings. The molecular formula is C13H20BrN3. The standard InChI is InChI=1S/C13H20BrN3/c1-11-5-8-17(9-6-11)10-7-15-13-4-2-3-12(14)16-13/h2-4,11H,5-10H2,1H3,(H,15,16). The number of hydrogen-bond donors (Lipinski definition) is 1. The molecule has 0 aliphatic carbocycles. The molecule has 2 heterocycles. The molecule has 1 aliphatic heterocycles. The Morgan fingerprint density at radius 1 is 1.41 bits per heavy atom. The van der Waals surface area contributed by atoms with E-state index in [1.165, 1.54) is 25.9 Å². The Kier molecular flexibility index (Phi) is 4.80. The Morgan fingerprint density at radius 3 is 2.88 bits per heavy atom. The predicted molar refractivity (Wildman–Crippen MR) is 75.3 cm³/mol. The molecule has 0 aromatic carbocycles. The van der Waals surface area contributed by atoms with Gasteiger partial charge in [0.1, 0.15) is 10.4 Å². The average molecular weight is 298 g/mol. The number of pyridine rings is 1. The molecule has 1 N–H and O–H groups in total. The molecule has 0 saturated carbocycles. The van der Waals surface area contributed by atoms with Crippen LogP contribution < -0.4 is 5.32 Å². The van der Waals surface area contributed by atoms with Crippen molar-refractivity contribution in [1.29, 1.82) is 0 Å². The van der Waals surface area contributed by atoms with Gasteiger partial charge in [-0.3, -0.25) is 0 Å².